The highest BCUT2D eigenvalue weighted by molar-refractivity contribution is 9.10. The second-order valence-electron chi connectivity index (χ2n) is 5.29. The molecule has 5 nitrogen and oxygen atoms in total. The second-order valence-corrected chi connectivity index (χ2v) is 6.21. The van der Waals surface area contributed by atoms with Gasteiger partial charge in [-0.2, -0.15) is 0 Å². The molecule has 3 rings (SSSR count). The van der Waals surface area contributed by atoms with Crippen LogP contribution in [0.15, 0.2) is 41.1 Å². The molecule has 1 saturated heterocycles. The fourth-order valence-electron chi connectivity index (χ4n) is 2.75. The number of imidazole rings is 1. The van der Waals surface area contributed by atoms with Crippen LogP contribution in [0, 0.1) is 5.92 Å². The molecule has 1 aliphatic heterocycles. The number of likely N-dealkylation sites (tertiary alicyclic amines) is 1. The average Bonchev–Trinajstić information content (AvgIpc) is 3.10. The zero-order valence-corrected chi connectivity index (χ0v) is 13.0. The molecule has 0 aliphatic carbocycles. The van der Waals surface area contributed by atoms with E-state index in [-0.39, 0.29) is 0 Å². The summed E-state index contributed by atoms with van der Waals surface area (Å²) in [6.07, 6.45) is 3.84. The van der Waals surface area contributed by atoms with Gasteiger partial charge in [-0.3, -0.25) is 0 Å². The summed E-state index contributed by atoms with van der Waals surface area (Å²) >= 11 is 3.43. The lowest BCUT2D eigenvalue weighted by Gasteiger charge is -2.14. The first kappa shape index (κ1) is 14.1. The third kappa shape index (κ3) is 3.10. The van der Waals surface area contributed by atoms with Crippen LogP contribution in [-0.4, -0.2) is 38.7 Å². The molecule has 1 N–H and O–H groups in total. The van der Waals surface area contributed by atoms with Crippen LogP contribution < -0.4 is 0 Å². The number of hydrogen-bond acceptors (Lipinski definition) is 2. The van der Waals surface area contributed by atoms with Gasteiger partial charge < -0.3 is 14.6 Å². The Kier molecular flexibility index (Phi) is 3.96. The minimum Gasteiger partial charge on any atom is -0.465 e. The lowest BCUT2D eigenvalue weighted by molar-refractivity contribution is 0.153. The predicted molar refractivity (Wildman–Crippen MR) is 83.1 cm³/mol. The largest absolute Gasteiger partial charge is 0.465 e. The molecule has 0 bridgehead atoms. The van der Waals surface area contributed by atoms with Crippen LogP contribution in [0.1, 0.15) is 6.42 Å². The van der Waals surface area contributed by atoms with Crippen molar-refractivity contribution in [1.82, 2.24) is 14.5 Å². The highest BCUT2D eigenvalue weighted by Crippen LogP contribution is 2.24. The van der Waals surface area contributed by atoms with Crippen LogP contribution in [0.3, 0.4) is 0 Å². The van der Waals surface area contributed by atoms with Gasteiger partial charge >= 0.3 is 6.09 Å². The summed E-state index contributed by atoms with van der Waals surface area (Å²) in [7, 11) is 0. The number of aromatic nitrogens is 2. The molecule has 1 amide bonds. The van der Waals surface area contributed by atoms with Gasteiger partial charge in [-0.25, -0.2) is 9.78 Å². The number of hydrogen-bond donors (Lipinski definition) is 1. The molecular formula is C15H16BrN3O2. The molecule has 110 valence electrons. The van der Waals surface area contributed by atoms with Crippen molar-refractivity contribution in [2.75, 3.05) is 13.1 Å². The van der Waals surface area contributed by atoms with Crippen LogP contribution in [0.25, 0.3) is 11.4 Å². The van der Waals surface area contributed by atoms with Gasteiger partial charge in [0.05, 0.1) is 0 Å². The summed E-state index contributed by atoms with van der Waals surface area (Å²) in [6, 6.07) is 8.05. The molecule has 1 aromatic heterocycles. The van der Waals surface area contributed by atoms with Gasteiger partial charge in [-0.05, 0) is 24.5 Å². The maximum atomic E-state index is 11.0. The van der Waals surface area contributed by atoms with Crippen molar-refractivity contribution in [3.8, 4) is 11.4 Å². The Bertz CT molecular complexity index is 639. The average molecular weight is 350 g/mol. The molecule has 0 unspecified atom stereocenters. The lowest BCUT2D eigenvalue weighted by Crippen LogP contribution is -2.27. The second kappa shape index (κ2) is 5.89. The maximum Gasteiger partial charge on any atom is 0.407 e. The van der Waals surface area contributed by atoms with Crippen LogP contribution in [0.5, 0.6) is 0 Å². The number of carboxylic acid groups (broad SMARTS) is 1. The van der Waals surface area contributed by atoms with E-state index in [4.69, 9.17) is 5.11 Å². The number of benzene rings is 1. The fraction of sp³-hybridized carbons (Fsp3) is 0.333. The summed E-state index contributed by atoms with van der Waals surface area (Å²) in [5.74, 6) is 1.28. The molecule has 2 aromatic rings. The number of amides is 1. The van der Waals surface area contributed by atoms with Crippen molar-refractivity contribution in [3.63, 3.8) is 0 Å². The Balaban J connectivity index is 1.74. The molecular weight excluding hydrogens is 334 g/mol. The Morgan fingerprint density at radius 1 is 1.38 bits per heavy atom. The van der Waals surface area contributed by atoms with Crippen LogP contribution in [0.4, 0.5) is 4.79 Å². The van der Waals surface area contributed by atoms with E-state index in [2.05, 4.69) is 25.5 Å². The molecule has 1 atom stereocenters. The van der Waals surface area contributed by atoms with E-state index in [0.717, 1.165) is 28.8 Å². The van der Waals surface area contributed by atoms with Gasteiger partial charge in [0.1, 0.15) is 5.82 Å². The number of rotatable bonds is 3. The number of nitrogens with zero attached hydrogens (tertiary/aromatic N) is 3. The molecule has 1 fully saturated rings. The SMILES string of the molecule is O=C(O)N1CC[C@@H](Cn2ccnc2-c2ccc(Br)cc2)C1. The molecule has 0 radical (unpaired) electrons. The van der Waals surface area contributed by atoms with E-state index >= 15 is 0 Å². The summed E-state index contributed by atoms with van der Waals surface area (Å²) in [4.78, 5) is 16.9. The third-order valence-corrected chi connectivity index (χ3v) is 4.36. The van der Waals surface area contributed by atoms with E-state index in [0.29, 0.717) is 19.0 Å². The molecule has 0 spiro atoms. The molecule has 21 heavy (non-hydrogen) atoms. The van der Waals surface area contributed by atoms with Gasteiger partial charge in [-0.15, -0.1) is 0 Å². The highest BCUT2D eigenvalue weighted by Gasteiger charge is 2.26. The van der Waals surface area contributed by atoms with Crippen LogP contribution in [-0.2, 0) is 6.54 Å². The Hall–Kier alpha value is -1.82. The van der Waals surface area contributed by atoms with E-state index in [9.17, 15) is 4.79 Å². The minimum atomic E-state index is -0.823. The van der Waals surface area contributed by atoms with Gasteiger partial charge in [0.2, 0.25) is 0 Å². The van der Waals surface area contributed by atoms with Crippen molar-refractivity contribution in [2.45, 2.75) is 13.0 Å². The van der Waals surface area contributed by atoms with Crippen molar-refractivity contribution in [3.05, 3.63) is 41.1 Å². The van der Waals surface area contributed by atoms with E-state index in [1.807, 2.05) is 30.5 Å². The van der Waals surface area contributed by atoms with E-state index in [1.165, 1.54) is 4.90 Å². The van der Waals surface area contributed by atoms with Crippen molar-refractivity contribution < 1.29 is 9.90 Å². The number of halogens is 1. The Morgan fingerprint density at radius 2 is 2.14 bits per heavy atom. The van der Waals surface area contributed by atoms with Crippen molar-refractivity contribution in [2.24, 2.45) is 5.92 Å². The van der Waals surface area contributed by atoms with Gasteiger partial charge in [0.25, 0.3) is 0 Å². The summed E-state index contributed by atoms with van der Waals surface area (Å²) in [5.41, 5.74) is 1.07. The first-order chi connectivity index (χ1) is 10.1. The predicted octanol–water partition coefficient (Wildman–Crippen LogP) is 3.31. The van der Waals surface area contributed by atoms with E-state index < -0.39 is 6.09 Å². The molecule has 1 aliphatic rings. The molecule has 6 heteroatoms. The zero-order chi connectivity index (χ0) is 14.8. The normalized spacial score (nSPS) is 18.1. The first-order valence-corrected chi connectivity index (χ1v) is 7.68. The van der Waals surface area contributed by atoms with Gasteiger partial charge in [-0.1, -0.05) is 28.1 Å². The van der Waals surface area contributed by atoms with Crippen molar-refractivity contribution >= 4 is 22.0 Å². The maximum absolute atomic E-state index is 11.0. The van der Waals surface area contributed by atoms with Gasteiger partial charge in [0.15, 0.2) is 0 Å². The molecule has 0 saturated carbocycles. The number of carbonyl (C=O) groups is 1. The zero-order valence-electron chi connectivity index (χ0n) is 11.4. The molecule has 1 aromatic carbocycles. The first-order valence-electron chi connectivity index (χ1n) is 6.88. The van der Waals surface area contributed by atoms with Gasteiger partial charge in [0, 0.05) is 42.1 Å². The highest BCUT2D eigenvalue weighted by atomic mass is 79.9. The Morgan fingerprint density at radius 3 is 2.81 bits per heavy atom. The standard InChI is InChI=1S/C15H16BrN3O2/c16-13-3-1-12(2-4-13)14-17-6-8-18(14)9-11-5-7-19(10-11)15(20)21/h1-4,6,8,11H,5,7,9-10H2,(H,20,21)/t11-/m0/s1. The monoisotopic (exact) mass is 349 g/mol. The fourth-order valence-corrected chi connectivity index (χ4v) is 3.01. The minimum absolute atomic E-state index is 0.351. The quantitative estimate of drug-likeness (QED) is 0.924. The van der Waals surface area contributed by atoms with Crippen LogP contribution >= 0.6 is 15.9 Å². The molecule has 2 heterocycles. The van der Waals surface area contributed by atoms with Crippen molar-refractivity contribution in [1.29, 1.82) is 0 Å². The topological polar surface area (TPSA) is 58.4 Å². The smallest absolute Gasteiger partial charge is 0.407 e. The summed E-state index contributed by atoms with van der Waals surface area (Å²) in [5, 5.41) is 9.02. The Labute approximate surface area is 131 Å². The lowest BCUT2D eigenvalue weighted by atomic mass is 10.1. The van der Waals surface area contributed by atoms with Crippen LogP contribution in [0.2, 0.25) is 0 Å². The summed E-state index contributed by atoms with van der Waals surface area (Å²) < 4.78 is 3.15. The summed E-state index contributed by atoms with van der Waals surface area (Å²) in [6.45, 7) is 2.03. The van der Waals surface area contributed by atoms with E-state index in [1.54, 1.807) is 6.20 Å². The third-order valence-electron chi connectivity index (χ3n) is 3.83.